The summed E-state index contributed by atoms with van der Waals surface area (Å²) in [7, 11) is 0. The van der Waals surface area contributed by atoms with E-state index in [1.807, 2.05) is 0 Å². The molecule has 6 rings (SSSR count). The van der Waals surface area contributed by atoms with Gasteiger partial charge in [0.1, 0.15) is 5.82 Å². The minimum atomic E-state index is -0.0484. The average Bonchev–Trinajstić information content (AvgIpc) is 3.35. The Hall–Kier alpha value is -2.22. The quantitative estimate of drug-likeness (QED) is 0.455. The fourth-order valence-corrected chi connectivity index (χ4v) is 6.20. The molecule has 1 aromatic heterocycles. The van der Waals surface area contributed by atoms with Gasteiger partial charge in [0.15, 0.2) is 11.7 Å². The smallest absolute Gasteiger partial charge is 0.207 e. The van der Waals surface area contributed by atoms with Gasteiger partial charge in [0, 0.05) is 30.9 Å². The van der Waals surface area contributed by atoms with Crippen LogP contribution in [0.1, 0.15) is 49.8 Å². The van der Waals surface area contributed by atoms with Gasteiger partial charge >= 0.3 is 0 Å². The van der Waals surface area contributed by atoms with E-state index in [0.717, 1.165) is 18.4 Å². The maximum atomic E-state index is 14.8. The van der Waals surface area contributed by atoms with Gasteiger partial charge in [0.2, 0.25) is 5.69 Å². The van der Waals surface area contributed by atoms with Gasteiger partial charge in [-0.15, -0.1) is 0 Å². The Morgan fingerprint density at radius 1 is 1.08 bits per heavy atom. The van der Waals surface area contributed by atoms with Crippen LogP contribution in [0.2, 0.25) is 0 Å². The molecule has 2 heterocycles. The highest BCUT2D eigenvalue weighted by Gasteiger charge is 2.77. The lowest BCUT2D eigenvalue weighted by atomic mass is 9.74. The van der Waals surface area contributed by atoms with Crippen molar-refractivity contribution in [2.75, 3.05) is 0 Å². The lowest BCUT2D eigenvalue weighted by Gasteiger charge is -2.33. The number of aromatic nitrogens is 1. The molecule has 0 N–H and O–H groups in total. The molecule has 2 aliphatic carbocycles. The normalized spacial score (nSPS) is 27.3. The number of benzene rings is 2. The van der Waals surface area contributed by atoms with Gasteiger partial charge in [-0.25, -0.2) is 4.39 Å². The first-order valence-electron chi connectivity index (χ1n) is 9.46. The van der Waals surface area contributed by atoms with Crippen molar-refractivity contribution in [3.8, 4) is 11.3 Å². The van der Waals surface area contributed by atoms with E-state index in [4.69, 9.17) is 0 Å². The van der Waals surface area contributed by atoms with Gasteiger partial charge in [0.25, 0.3) is 0 Å². The number of hydrogen-bond acceptors (Lipinski definition) is 0. The molecular formula is C23H21FN+. The molecule has 3 aromatic rings. The Labute approximate surface area is 147 Å². The maximum Gasteiger partial charge on any atom is 0.221 e. The molecule has 1 nitrogen and oxygen atoms in total. The van der Waals surface area contributed by atoms with Crippen molar-refractivity contribution in [3.63, 3.8) is 0 Å². The SMILES string of the molecule is CCC12CC1(CC)[n+]1ccc3cccc4c3c1-c1c2ccc(F)c1C4. The first kappa shape index (κ1) is 14.0. The van der Waals surface area contributed by atoms with Gasteiger partial charge in [-0.2, -0.15) is 4.57 Å². The summed E-state index contributed by atoms with van der Waals surface area (Å²) in [6.07, 6.45) is 6.40. The summed E-state index contributed by atoms with van der Waals surface area (Å²) in [5, 5.41) is 2.62. The maximum absolute atomic E-state index is 14.8. The molecule has 1 saturated carbocycles. The molecule has 0 amide bonds. The first-order valence-corrected chi connectivity index (χ1v) is 9.46. The number of nitrogens with zero attached hydrogens (tertiary/aromatic N) is 1. The Morgan fingerprint density at radius 3 is 2.76 bits per heavy atom. The van der Waals surface area contributed by atoms with Crippen molar-refractivity contribution >= 4 is 10.8 Å². The van der Waals surface area contributed by atoms with Crippen LogP contribution in [0.15, 0.2) is 42.6 Å². The third-order valence-electron chi connectivity index (χ3n) is 7.45. The summed E-state index contributed by atoms with van der Waals surface area (Å²) in [5.41, 5.74) is 6.38. The minimum absolute atomic E-state index is 0.0484. The third kappa shape index (κ3) is 1.31. The van der Waals surface area contributed by atoms with Gasteiger partial charge in [0.05, 0.1) is 16.4 Å². The molecule has 0 saturated heterocycles. The van der Waals surface area contributed by atoms with Gasteiger partial charge < -0.3 is 0 Å². The number of pyridine rings is 1. The van der Waals surface area contributed by atoms with Crippen molar-refractivity contribution in [1.82, 2.24) is 0 Å². The van der Waals surface area contributed by atoms with E-state index in [0.29, 0.717) is 6.42 Å². The predicted molar refractivity (Wildman–Crippen MR) is 97.2 cm³/mol. The van der Waals surface area contributed by atoms with Crippen LogP contribution >= 0.6 is 0 Å². The second-order valence-electron chi connectivity index (χ2n) is 8.04. The Balaban J connectivity index is 1.88. The number of halogens is 1. The highest BCUT2D eigenvalue weighted by molar-refractivity contribution is 6.00. The molecule has 2 heteroatoms. The Morgan fingerprint density at radius 2 is 1.96 bits per heavy atom. The zero-order valence-electron chi connectivity index (χ0n) is 14.7. The first-order chi connectivity index (χ1) is 12.2. The van der Waals surface area contributed by atoms with E-state index in [1.165, 1.54) is 39.6 Å². The molecule has 0 spiro atoms. The highest BCUT2D eigenvalue weighted by Crippen LogP contribution is 2.68. The molecule has 3 aliphatic rings. The van der Waals surface area contributed by atoms with Gasteiger partial charge in [-0.05, 0) is 29.0 Å². The number of fused-ring (bicyclic) bond motifs is 3. The zero-order valence-corrected chi connectivity index (χ0v) is 14.7. The van der Waals surface area contributed by atoms with Crippen LogP contribution in [0.5, 0.6) is 0 Å². The standard InChI is InChI=1S/C23H21FN/c1-3-22-13-23(22,4-2)25-11-10-14-6-5-7-15-12-16-18(24)9-8-17(22)20(16)21(25)19(14)15/h5-11H,3-4,12-13H2,1-2H3/q+1. The molecule has 2 unspecified atom stereocenters. The van der Waals surface area contributed by atoms with Crippen LogP contribution in [0.4, 0.5) is 4.39 Å². The van der Waals surface area contributed by atoms with E-state index >= 15 is 0 Å². The van der Waals surface area contributed by atoms with Crippen molar-refractivity contribution < 1.29 is 8.96 Å². The van der Waals surface area contributed by atoms with Crippen molar-refractivity contribution in [3.05, 3.63) is 65.1 Å². The topological polar surface area (TPSA) is 3.88 Å². The van der Waals surface area contributed by atoms with Gasteiger partial charge in [-0.3, -0.25) is 0 Å². The number of rotatable bonds is 2. The predicted octanol–water partition coefficient (Wildman–Crippen LogP) is 5.01. The summed E-state index contributed by atoms with van der Waals surface area (Å²) in [4.78, 5) is 0. The van der Waals surface area contributed by atoms with Crippen molar-refractivity contribution in [2.24, 2.45) is 0 Å². The van der Waals surface area contributed by atoms with Crippen molar-refractivity contribution in [2.45, 2.75) is 50.5 Å². The van der Waals surface area contributed by atoms with Crippen LogP contribution in [0.25, 0.3) is 22.0 Å². The van der Waals surface area contributed by atoms with E-state index in [1.54, 1.807) is 6.07 Å². The second-order valence-corrected chi connectivity index (χ2v) is 8.04. The summed E-state index contributed by atoms with van der Waals surface area (Å²) in [6, 6.07) is 12.5. The van der Waals surface area contributed by atoms with Crippen LogP contribution in [-0.2, 0) is 17.4 Å². The van der Waals surface area contributed by atoms with E-state index in [9.17, 15) is 4.39 Å². The van der Waals surface area contributed by atoms with Crippen LogP contribution in [-0.4, -0.2) is 0 Å². The lowest BCUT2D eigenvalue weighted by Crippen LogP contribution is -2.55. The highest BCUT2D eigenvalue weighted by atomic mass is 19.1. The third-order valence-corrected chi connectivity index (χ3v) is 7.45. The summed E-state index contributed by atoms with van der Waals surface area (Å²) in [6.45, 7) is 4.61. The molecule has 0 radical (unpaired) electrons. The Kier molecular flexibility index (Phi) is 2.31. The number of hydrogen-bond donors (Lipinski definition) is 0. The molecular weight excluding hydrogens is 309 g/mol. The van der Waals surface area contributed by atoms with Gasteiger partial charge in [-0.1, -0.05) is 38.1 Å². The zero-order chi connectivity index (χ0) is 17.0. The monoisotopic (exact) mass is 330 g/mol. The van der Waals surface area contributed by atoms with E-state index in [2.05, 4.69) is 54.9 Å². The van der Waals surface area contributed by atoms with E-state index in [-0.39, 0.29) is 16.8 Å². The molecule has 2 atom stereocenters. The fourth-order valence-electron chi connectivity index (χ4n) is 6.20. The summed E-state index contributed by atoms with van der Waals surface area (Å²) in [5.74, 6) is -0.0484. The molecule has 25 heavy (non-hydrogen) atoms. The van der Waals surface area contributed by atoms with Crippen LogP contribution in [0, 0.1) is 5.82 Å². The van der Waals surface area contributed by atoms with Crippen LogP contribution in [0.3, 0.4) is 0 Å². The summed E-state index contributed by atoms with van der Waals surface area (Å²) >= 11 is 0. The fraction of sp³-hybridized carbons (Fsp3) is 0.348. The second kappa shape index (κ2) is 4.12. The minimum Gasteiger partial charge on any atom is -0.207 e. The molecule has 2 aromatic carbocycles. The lowest BCUT2D eigenvalue weighted by molar-refractivity contribution is -0.734. The average molecular weight is 330 g/mol. The molecule has 0 bridgehead atoms. The van der Waals surface area contributed by atoms with Crippen molar-refractivity contribution in [1.29, 1.82) is 0 Å². The largest absolute Gasteiger partial charge is 0.221 e. The van der Waals surface area contributed by atoms with Crippen LogP contribution < -0.4 is 4.57 Å². The van der Waals surface area contributed by atoms with E-state index < -0.39 is 0 Å². The molecule has 124 valence electrons. The summed E-state index contributed by atoms with van der Waals surface area (Å²) < 4.78 is 17.3. The molecule has 1 fully saturated rings. The molecule has 1 aliphatic heterocycles. The Bertz CT molecular complexity index is 1100.